The molecule has 1 aromatic carbocycles. The van der Waals surface area contributed by atoms with Crippen molar-refractivity contribution in [2.24, 2.45) is 0 Å². The van der Waals surface area contributed by atoms with E-state index in [2.05, 4.69) is 10.3 Å². The van der Waals surface area contributed by atoms with Gasteiger partial charge >= 0.3 is 5.97 Å². The van der Waals surface area contributed by atoms with E-state index in [0.717, 1.165) is 5.56 Å². The second kappa shape index (κ2) is 7.79. The number of ether oxygens (including phenoxy) is 1. The molecule has 0 aliphatic rings. The number of hydrogen-bond donors (Lipinski definition) is 3. The van der Waals surface area contributed by atoms with Gasteiger partial charge in [-0.1, -0.05) is 30.3 Å². The van der Waals surface area contributed by atoms with Crippen LogP contribution in [0, 0.1) is 13.8 Å². The lowest BCUT2D eigenvalue weighted by atomic mass is 10.1. The number of aromatic nitrogens is 1. The van der Waals surface area contributed by atoms with E-state index >= 15 is 0 Å². The number of aliphatic hydroxyl groups is 1. The molecule has 0 fully saturated rings. The van der Waals surface area contributed by atoms with Gasteiger partial charge in [-0.2, -0.15) is 0 Å². The SMILES string of the molecule is Cc1[nH]c(C(=O)OCC(=O)NCc2ccccc2)c(C)c1[C@@H](C)O. The number of hydrogen-bond acceptors (Lipinski definition) is 4. The highest BCUT2D eigenvalue weighted by molar-refractivity contribution is 5.91. The minimum absolute atomic E-state index is 0.263. The third-order valence-corrected chi connectivity index (χ3v) is 3.78. The van der Waals surface area contributed by atoms with Crippen molar-refractivity contribution in [1.82, 2.24) is 10.3 Å². The zero-order valence-electron chi connectivity index (χ0n) is 14.1. The molecule has 0 radical (unpaired) electrons. The number of carbonyl (C=O) groups is 2. The Morgan fingerprint density at radius 1 is 1.25 bits per heavy atom. The number of aromatic amines is 1. The Balaban J connectivity index is 1.89. The van der Waals surface area contributed by atoms with Crippen molar-refractivity contribution < 1.29 is 19.4 Å². The van der Waals surface area contributed by atoms with Crippen LogP contribution in [0.15, 0.2) is 30.3 Å². The third kappa shape index (κ3) is 4.23. The summed E-state index contributed by atoms with van der Waals surface area (Å²) in [6.45, 7) is 5.17. The molecule has 0 spiro atoms. The lowest BCUT2D eigenvalue weighted by Crippen LogP contribution is -2.28. The van der Waals surface area contributed by atoms with Crippen LogP contribution in [0.25, 0.3) is 0 Å². The van der Waals surface area contributed by atoms with Gasteiger partial charge in [0.2, 0.25) is 0 Å². The Hall–Kier alpha value is -2.60. The van der Waals surface area contributed by atoms with Crippen LogP contribution in [-0.4, -0.2) is 28.6 Å². The van der Waals surface area contributed by atoms with Crippen molar-refractivity contribution in [3.63, 3.8) is 0 Å². The fourth-order valence-electron chi connectivity index (χ4n) is 2.65. The average molecular weight is 330 g/mol. The van der Waals surface area contributed by atoms with Gasteiger partial charge in [0.25, 0.3) is 5.91 Å². The first-order chi connectivity index (χ1) is 11.4. The van der Waals surface area contributed by atoms with Gasteiger partial charge in [0.05, 0.1) is 6.10 Å². The number of aliphatic hydroxyl groups excluding tert-OH is 1. The van der Waals surface area contributed by atoms with Crippen LogP contribution in [0.1, 0.15) is 45.9 Å². The molecule has 1 heterocycles. The number of esters is 1. The number of rotatable bonds is 6. The topological polar surface area (TPSA) is 91.4 Å². The monoisotopic (exact) mass is 330 g/mol. The van der Waals surface area contributed by atoms with Crippen LogP contribution >= 0.6 is 0 Å². The highest BCUT2D eigenvalue weighted by atomic mass is 16.5. The summed E-state index contributed by atoms with van der Waals surface area (Å²) in [5.41, 5.74) is 3.25. The van der Waals surface area contributed by atoms with E-state index in [1.165, 1.54) is 0 Å². The largest absolute Gasteiger partial charge is 0.451 e. The first kappa shape index (κ1) is 17.7. The van der Waals surface area contributed by atoms with Crippen LogP contribution in [0.5, 0.6) is 0 Å². The van der Waals surface area contributed by atoms with Gasteiger partial charge in [-0.05, 0) is 31.9 Å². The van der Waals surface area contributed by atoms with E-state index in [4.69, 9.17) is 4.74 Å². The summed E-state index contributed by atoms with van der Waals surface area (Å²) in [5.74, 6) is -0.985. The van der Waals surface area contributed by atoms with E-state index in [-0.39, 0.29) is 18.2 Å². The van der Waals surface area contributed by atoms with Crippen molar-refractivity contribution in [3.8, 4) is 0 Å². The molecular weight excluding hydrogens is 308 g/mol. The number of H-pyrrole nitrogens is 1. The Bertz CT molecular complexity index is 720. The lowest BCUT2D eigenvalue weighted by Gasteiger charge is -2.07. The summed E-state index contributed by atoms with van der Waals surface area (Å²) in [7, 11) is 0. The van der Waals surface area contributed by atoms with E-state index in [0.29, 0.717) is 23.4 Å². The molecule has 0 unspecified atom stereocenters. The van der Waals surface area contributed by atoms with Gasteiger partial charge in [-0.25, -0.2) is 4.79 Å². The number of nitrogens with one attached hydrogen (secondary N) is 2. The minimum Gasteiger partial charge on any atom is -0.451 e. The minimum atomic E-state index is -0.683. The molecule has 2 rings (SSSR count). The van der Waals surface area contributed by atoms with Crippen LogP contribution in [0.3, 0.4) is 0 Å². The normalized spacial score (nSPS) is 11.8. The number of aryl methyl sites for hydroxylation is 1. The van der Waals surface area contributed by atoms with E-state index in [1.54, 1.807) is 20.8 Å². The molecule has 1 amide bonds. The summed E-state index contributed by atoms with van der Waals surface area (Å²) < 4.78 is 5.04. The quantitative estimate of drug-likeness (QED) is 0.708. The molecule has 0 aliphatic heterocycles. The predicted octanol–water partition coefficient (Wildman–Crippen LogP) is 2.16. The Kier molecular flexibility index (Phi) is 5.76. The van der Waals surface area contributed by atoms with Crippen molar-refractivity contribution in [1.29, 1.82) is 0 Å². The van der Waals surface area contributed by atoms with Gasteiger partial charge in [0, 0.05) is 17.8 Å². The molecule has 0 aliphatic carbocycles. The van der Waals surface area contributed by atoms with Gasteiger partial charge in [0.15, 0.2) is 6.61 Å². The smallest absolute Gasteiger partial charge is 0.355 e. The van der Waals surface area contributed by atoms with Crippen LogP contribution in [0.2, 0.25) is 0 Å². The Labute approximate surface area is 140 Å². The highest BCUT2D eigenvalue weighted by Gasteiger charge is 2.21. The van der Waals surface area contributed by atoms with Gasteiger partial charge in [-0.3, -0.25) is 4.79 Å². The maximum absolute atomic E-state index is 12.1. The molecular formula is C18H22N2O4. The molecule has 6 heteroatoms. The molecule has 0 saturated carbocycles. The molecule has 24 heavy (non-hydrogen) atoms. The predicted molar refractivity (Wildman–Crippen MR) is 89.5 cm³/mol. The summed E-state index contributed by atoms with van der Waals surface area (Å²) >= 11 is 0. The summed E-state index contributed by atoms with van der Waals surface area (Å²) in [6.07, 6.45) is -0.683. The van der Waals surface area contributed by atoms with E-state index in [9.17, 15) is 14.7 Å². The molecule has 3 N–H and O–H groups in total. The zero-order chi connectivity index (χ0) is 17.7. The maximum Gasteiger partial charge on any atom is 0.355 e. The summed E-state index contributed by atoms with van der Waals surface area (Å²) in [5, 5.41) is 12.4. The van der Waals surface area contributed by atoms with Crippen molar-refractivity contribution in [2.75, 3.05) is 6.61 Å². The van der Waals surface area contributed by atoms with Gasteiger partial charge in [-0.15, -0.1) is 0 Å². The fraction of sp³-hybridized carbons (Fsp3) is 0.333. The van der Waals surface area contributed by atoms with E-state index in [1.807, 2.05) is 30.3 Å². The van der Waals surface area contributed by atoms with Crippen LogP contribution < -0.4 is 5.32 Å². The Morgan fingerprint density at radius 3 is 2.50 bits per heavy atom. The maximum atomic E-state index is 12.1. The van der Waals surface area contributed by atoms with Crippen LogP contribution in [-0.2, 0) is 16.1 Å². The molecule has 1 aromatic heterocycles. The number of benzene rings is 1. The molecule has 0 bridgehead atoms. The van der Waals surface area contributed by atoms with Crippen molar-refractivity contribution >= 4 is 11.9 Å². The average Bonchev–Trinajstić information content (AvgIpc) is 2.86. The molecule has 6 nitrogen and oxygen atoms in total. The molecule has 0 saturated heterocycles. The lowest BCUT2D eigenvalue weighted by molar-refractivity contribution is -0.124. The first-order valence-corrected chi connectivity index (χ1v) is 7.75. The standard InChI is InChI=1S/C18H22N2O4/c1-11-16(13(3)21)12(2)20-17(11)18(23)24-10-15(22)19-9-14-7-5-4-6-8-14/h4-8,13,20-21H,9-10H2,1-3H3,(H,19,22)/t13-/m1/s1. The molecule has 128 valence electrons. The Morgan fingerprint density at radius 2 is 1.92 bits per heavy atom. The highest BCUT2D eigenvalue weighted by Crippen LogP contribution is 2.24. The first-order valence-electron chi connectivity index (χ1n) is 7.75. The van der Waals surface area contributed by atoms with Crippen LogP contribution in [0.4, 0.5) is 0 Å². The second-order valence-electron chi connectivity index (χ2n) is 5.68. The summed E-state index contributed by atoms with van der Waals surface area (Å²) in [4.78, 5) is 26.8. The number of carbonyl (C=O) groups excluding carboxylic acids is 2. The van der Waals surface area contributed by atoms with Gasteiger partial charge in [0.1, 0.15) is 5.69 Å². The number of amides is 1. The third-order valence-electron chi connectivity index (χ3n) is 3.78. The van der Waals surface area contributed by atoms with Gasteiger partial charge < -0.3 is 20.1 Å². The van der Waals surface area contributed by atoms with Crippen molar-refractivity contribution in [2.45, 2.75) is 33.4 Å². The fourth-order valence-corrected chi connectivity index (χ4v) is 2.65. The molecule has 2 aromatic rings. The van der Waals surface area contributed by atoms with E-state index < -0.39 is 12.1 Å². The molecule has 1 atom stereocenters. The van der Waals surface area contributed by atoms with Crippen molar-refractivity contribution in [3.05, 3.63) is 58.4 Å². The second-order valence-corrected chi connectivity index (χ2v) is 5.68. The summed E-state index contributed by atoms with van der Waals surface area (Å²) in [6, 6.07) is 9.47. The zero-order valence-corrected chi connectivity index (χ0v) is 14.1.